The molecule has 1 aromatic carbocycles. The molecule has 8 nitrogen and oxygen atoms in total. The third kappa shape index (κ3) is 4.65. The number of aromatic nitrogens is 3. The van der Waals surface area contributed by atoms with Gasteiger partial charge in [0.25, 0.3) is 0 Å². The van der Waals surface area contributed by atoms with Gasteiger partial charge in [-0.1, -0.05) is 11.2 Å². The molecule has 1 amide bonds. The van der Waals surface area contributed by atoms with Crippen molar-refractivity contribution in [1.82, 2.24) is 20.0 Å². The van der Waals surface area contributed by atoms with Gasteiger partial charge in [0, 0.05) is 24.9 Å². The van der Waals surface area contributed by atoms with E-state index in [1.165, 1.54) is 0 Å². The molecule has 1 fully saturated rings. The number of hydrogen-bond donors (Lipinski definition) is 0. The van der Waals surface area contributed by atoms with Gasteiger partial charge in [0.05, 0.1) is 31.6 Å². The van der Waals surface area contributed by atoms with Crippen LogP contribution in [-0.2, 0) is 16.0 Å². The lowest BCUT2D eigenvalue weighted by molar-refractivity contribution is -0.139. The van der Waals surface area contributed by atoms with Crippen LogP contribution < -0.4 is 4.74 Å². The van der Waals surface area contributed by atoms with Gasteiger partial charge in [0.15, 0.2) is 5.82 Å². The van der Waals surface area contributed by atoms with Gasteiger partial charge in [0.2, 0.25) is 11.8 Å². The predicted molar refractivity (Wildman–Crippen MR) is 109 cm³/mol. The number of nitrogens with zero attached hydrogens (tertiary/aromatic N) is 4. The van der Waals surface area contributed by atoms with E-state index in [0.29, 0.717) is 44.3 Å². The van der Waals surface area contributed by atoms with E-state index < -0.39 is 0 Å². The van der Waals surface area contributed by atoms with Crippen molar-refractivity contribution in [2.24, 2.45) is 0 Å². The smallest absolute Gasteiger partial charge is 0.227 e. The summed E-state index contributed by atoms with van der Waals surface area (Å²) in [5.41, 5.74) is 2.67. The Morgan fingerprint density at radius 2 is 2.03 bits per heavy atom. The van der Waals surface area contributed by atoms with Crippen molar-refractivity contribution in [2.75, 3.05) is 26.8 Å². The Labute approximate surface area is 174 Å². The molecule has 3 aromatic rings. The molecule has 0 unspecified atom stereocenters. The number of carbonyl (C=O) groups excluding carboxylic acids is 1. The number of ether oxygens (including phenoxy) is 2. The SMILES string of the molecule is COc1ccc(-c2cccc([C@@H]3CN(C(=O)CCc4nc(C)no4)CCO3)n2)cc1. The van der Waals surface area contributed by atoms with Gasteiger partial charge in [-0.05, 0) is 43.3 Å². The molecule has 0 spiro atoms. The number of benzene rings is 1. The molecule has 1 aliphatic rings. The monoisotopic (exact) mass is 408 g/mol. The first-order chi connectivity index (χ1) is 14.6. The molecule has 0 bridgehead atoms. The Morgan fingerprint density at radius 3 is 2.77 bits per heavy atom. The molecule has 8 heteroatoms. The second-order valence-corrected chi connectivity index (χ2v) is 7.11. The maximum Gasteiger partial charge on any atom is 0.227 e. The van der Waals surface area contributed by atoms with Crippen LogP contribution in [0.5, 0.6) is 5.75 Å². The lowest BCUT2D eigenvalue weighted by Gasteiger charge is -2.32. The molecule has 1 aliphatic heterocycles. The van der Waals surface area contributed by atoms with E-state index in [0.717, 1.165) is 22.7 Å². The van der Waals surface area contributed by atoms with Crippen LogP contribution in [0.1, 0.15) is 29.9 Å². The molecule has 1 saturated heterocycles. The molecule has 3 heterocycles. The molecule has 0 radical (unpaired) electrons. The Kier molecular flexibility index (Phi) is 6.04. The zero-order valence-corrected chi connectivity index (χ0v) is 17.1. The van der Waals surface area contributed by atoms with E-state index in [1.54, 1.807) is 14.0 Å². The summed E-state index contributed by atoms with van der Waals surface area (Å²) in [4.78, 5) is 23.4. The van der Waals surface area contributed by atoms with Crippen LogP contribution in [0.15, 0.2) is 47.0 Å². The highest BCUT2D eigenvalue weighted by Gasteiger charge is 2.26. The van der Waals surface area contributed by atoms with E-state index in [9.17, 15) is 4.79 Å². The minimum absolute atomic E-state index is 0.0467. The van der Waals surface area contributed by atoms with E-state index in [-0.39, 0.29) is 12.0 Å². The van der Waals surface area contributed by atoms with Crippen molar-refractivity contribution in [3.05, 3.63) is 59.9 Å². The van der Waals surface area contributed by atoms with Gasteiger partial charge in [-0.25, -0.2) is 4.98 Å². The second kappa shape index (κ2) is 9.04. The molecule has 0 aliphatic carbocycles. The molecule has 156 valence electrons. The molecule has 0 N–H and O–H groups in total. The standard InChI is InChI=1S/C22H24N4O4/c1-15-23-21(30-25-15)10-11-22(27)26-12-13-29-20(14-26)19-5-3-4-18(24-19)16-6-8-17(28-2)9-7-16/h3-9,20H,10-14H2,1-2H3/t20-/m0/s1. The number of methoxy groups -OCH3 is 1. The molecule has 30 heavy (non-hydrogen) atoms. The van der Waals surface area contributed by atoms with Crippen LogP contribution in [0, 0.1) is 6.92 Å². The fourth-order valence-electron chi connectivity index (χ4n) is 3.42. The number of rotatable bonds is 6. The molecular formula is C22H24N4O4. The first-order valence-electron chi connectivity index (χ1n) is 9.92. The Balaban J connectivity index is 1.41. The van der Waals surface area contributed by atoms with Gasteiger partial charge >= 0.3 is 0 Å². The molecular weight excluding hydrogens is 384 g/mol. The van der Waals surface area contributed by atoms with E-state index in [2.05, 4.69) is 10.1 Å². The molecule has 1 atom stereocenters. The number of carbonyl (C=O) groups is 1. The maximum absolute atomic E-state index is 12.7. The van der Waals surface area contributed by atoms with Crippen molar-refractivity contribution in [3.63, 3.8) is 0 Å². The van der Waals surface area contributed by atoms with Crippen LogP contribution in [0.2, 0.25) is 0 Å². The largest absolute Gasteiger partial charge is 0.497 e. The lowest BCUT2D eigenvalue weighted by Crippen LogP contribution is -2.42. The number of amides is 1. The first-order valence-corrected chi connectivity index (χ1v) is 9.92. The number of pyridine rings is 1. The summed E-state index contributed by atoms with van der Waals surface area (Å²) in [5, 5.41) is 3.76. The fraction of sp³-hybridized carbons (Fsp3) is 0.364. The third-order valence-corrected chi connectivity index (χ3v) is 5.03. The summed E-state index contributed by atoms with van der Waals surface area (Å²) in [6.45, 7) is 3.27. The normalized spacial score (nSPS) is 16.5. The van der Waals surface area contributed by atoms with Gasteiger partial charge in [-0.2, -0.15) is 4.98 Å². The highest BCUT2D eigenvalue weighted by molar-refractivity contribution is 5.76. The number of hydrogen-bond acceptors (Lipinski definition) is 7. The molecule has 0 saturated carbocycles. The van der Waals surface area contributed by atoms with Gasteiger partial charge in [0.1, 0.15) is 11.9 Å². The van der Waals surface area contributed by atoms with Crippen molar-refractivity contribution in [3.8, 4) is 17.0 Å². The highest BCUT2D eigenvalue weighted by atomic mass is 16.5. The minimum Gasteiger partial charge on any atom is -0.497 e. The number of morpholine rings is 1. The Hall–Kier alpha value is -3.26. The van der Waals surface area contributed by atoms with Gasteiger partial charge in [-0.3, -0.25) is 4.79 Å². The van der Waals surface area contributed by atoms with Crippen LogP contribution in [0.3, 0.4) is 0 Å². The summed E-state index contributed by atoms with van der Waals surface area (Å²) in [7, 11) is 1.64. The summed E-state index contributed by atoms with van der Waals surface area (Å²) >= 11 is 0. The predicted octanol–water partition coefficient (Wildman–Crippen LogP) is 2.98. The molecule has 2 aromatic heterocycles. The Bertz CT molecular complexity index is 1000. The second-order valence-electron chi connectivity index (χ2n) is 7.11. The van der Waals surface area contributed by atoms with Crippen LogP contribution >= 0.6 is 0 Å². The van der Waals surface area contributed by atoms with E-state index >= 15 is 0 Å². The summed E-state index contributed by atoms with van der Waals surface area (Å²) in [5.74, 6) is 1.91. The van der Waals surface area contributed by atoms with Gasteiger partial charge < -0.3 is 18.9 Å². The van der Waals surface area contributed by atoms with E-state index in [1.807, 2.05) is 47.4 Å². The lowest BCUT2D eigenvalue weighted by atomic mass is 10.1. The quantitative estimate of drug-likeness (QED) is 0.619. The Morgan fingerprint density at radius 1 is 1.20 bits per heavy atom. The van der Waals surface area contributed by atoms with Crippen LogP contribution in [-0.4, -0.2) is 52.7 Å². The first kappa shape index (κ1) is 20.0. The average molecular weight is 408 g/mol. The summed E-state index contributed by atoms with van der Waals surface area (Å²) in [6.07, 6.45) is 0.507. The fourth-order valence-corrected chi connectivity index (χ4v) is 3.42. The highest BCUT2D eigenvalue weighted by Crippen LogP contribution is 2.25. The van der Waals surface area contributed by atoms with Crippen LogP contribution in [0.25, 0.3) is 11.3 Å². The van der Waals surface area contributed by atoms with Crippen molar-refractivity contribution < 1.29 is 18.8 Å². The minimum atomic E-state index is -0.258. The van der Waals surface area contributed by atoms with Crippen molar-refractivity contribution >= 4 is 5.91 Å². The topological polar surface area (TPSA) is 90.6 Å². The van der Waals surface area contributed by atoms with Crippen molar-refractivity contribution in [1.29, 1.82) is 0 Å². The van der Waals surface area contributed by atoms with E-state index in [4.69, 9.17) is 19.0 Å². The average Bonchev–Trinajstić information content (AvgIpc) is 3.23. The maximum atomic E-state index is 12.7. The zero-order chi connectivity index (χ0) is 20.9. The third-order valence-electron chi connectivity index (χ3n) is 5.03. The van der Waals surface area contributed by atoms with Gasteiger partial charge in [-0.15, -0.1) is 0 Å². The molecule has 4 rings (SSSR count). The number of aryl methyl sites for hydroxylation is 2. The zero-order valence-electron chi connectivity index (χ0n) is 17.1. The summed E-state index contributed by atoms with van der Waals surface area (Å²) in [6, 6.07) is 13.6. The summed E-state index contributed by atoms with van der Waals surface area (Å²) < 4.78 is 16.2. The van der Waals surface area contributed by atoms with Crippen LogP contribution in [0.4, 0.5) is 0 Å². The van der Waals surface area contributed by atoms with Crippen molar-refractivity contribution in [2.45, 2.75) is 25.9 Å².